The molecule has 2 aromatic rings. The molecule has 1 aliphatic heterocycles. The van der Waals surface area contributed by atoms with Crippen molar-refractivity contribution in [3.63, 3.8) is 0 Å². The van der Waals surface area contributed by atoms with Crippen molar-refractivity contribution in [3.8, 4) is 5.69 Å². The smallest absolute Gasteiger partial charge is 0.151 e. The number of hydrogen-bond donors (Lipinski definition) is 1. The normalized spacial score (nSPS) is 22.9. The summed E-state index contributed by atoms with van der Waals surface area (Å²) < 4.78 is 28.6. The van der Waals surface area contributed by atoms with Crippen molar-refractivity contribution >= 4 is 0 Å². The van der Waals surface area contributed by atoms with E-state index >= 15 is 0 Å². The maximum atomic E-state index is 13.9. The molecule has 2 heterocycles. The van der Waals surface area contributed by atoms with E-state index in [4.69, 9.17) is 0 Å². The molecule has 2 unspecified atom stereocenters. The number of aromatic nitrogens is 2. The lowest BCUT2D eigenvalue weighted by molar-refractivity contribution is 0.339. The van der Waals surface area contributed by atoms with E-state index in [9.17, 15) is 8.78 Å². The minimum Gasteiger partial charge on any atom is -0.316 e. The van der Waals surface area contributed by atoms with Gasteiger partial charge in [0.15, 0.2) is 5.82 Å². The second-order valence-corrected chi connectivity index (χ2v) is 5.34. The van der Waals surface area contributed by atoms with Gasteiger partial charge in [-0.1, -0.05) is 6.92 Å². The second-order valence-electron chi connectivity index (χ2n) is 5.34. The lowest BCUT2D eigenvalue weighted by atomic mass is 9.85. The summed E-state index contributed by atoms with van der Waals surface area (Å²) in [5, 5.41) is 7.57. The average molecular weight is 277 g/mol. The third kappa shape index (κ3) is 2.33. The van der Waals surface area contributed by atoms with Crippen LogP contribution in [0.25, 0.3) is 5.69 Å². The van der Waals surface area contributed by atoms with Crippen molar-refractivity contribution in [1.82, 2.24) is 15.1 Å². The fraction of sp³-hybridized carbons (Fsp3) is 0.400. The number of benzene rings is 1. The summed E-state index contributed by atoms with van der Waals surface area (Å²) in [6.07, 6.45) is 2.67. The van der Waals surface area contributed by atoms with E-state index in [0.29, 0.717) is 17.5 Å². The van der Waals surface area contributed by atoms with Gasteiger partial charge in [-0.2, -0.15) is 5.10 Å². The zero-order chi connectivity index (χ0) is 14.1. The number of rotatable bonds is 2. The quantitative estimate of drug-likeness (QED) is 0.914. The van der Waals surface area contributed by atoms with Crippen LogP contribution in [0.5, 0.6) is 0 Å². The predicted octanol–water partition coefficient (Wildman–Crippen LogP) is 2.86. The van der Waals surface area contributed by atoms with Crippen LogP contribution >= 0.6 is 0 Å². The number of halogens is 2. The fourth-order valence-corrected chi connectivity index (χ4v) is 2.90. The number of nitrogens with zero attached hydrogens (tertiary/aromatic N) is 2. The molecule has 0 spiro atoms. The van der Waals surface area contributed by atoms with Gasteiger partial charge in [0, 0.05) is 23.9 Å². The Morgan fingerprint density at radius 1 is 1.30 bits per heavy atom. The maximum absolute atomic E-state index is 13.9. The first-order chi connectivity index (χ1) is 9.66. The van der Waals surface area contributed by atoms with Crippen molar-refractivity contribution < 1.29 is 8.78 Å². The largest absolute Gasteiger partial charge is 0.316 e. The Balaban J connectivity index is 2.01. The molecule has 5 heteroatoms. The molecule has 0 bridgehead atoms. The van der Waals surface area contributed by atoms with E-state index in [1.54, 1.807) is 10.9 Å². The van der Waals surface area contributed by atoms with Crippen molar-refractivity contribution in [2.24, 2.45) is 5.92 Å². The highest BCUT2D eigenvalue weighted by molar-refractivity contribution is 5.35. The van der Waals surface area contributed by atoms with Crippen molar-refractivity contribution in [1.29, 1.82) is 0 Å². The van der Waals surface area contributed by atoms with Crippen LogP contribution in [0, 0.1) is 17.6 Å². The Bertz CT molecular complexity index is 609. The average Bonchev–Trinajstić information content (AvgIpc) is 2.88. The molecule has 1 saturated heterocycles. The van der Waals surface area contributed by atoms with Crippen LogP contribution in [0.15, 0.2) is 30.5 Å². The summed E-state index contributed by atoms with van der Waals surface area (Å²) in [5.41, 5.74) is 1.29. The SMILES string of the molecule is CC1CNCCC1c1ccnn1-c1ccc(F)cc1F. The monoisotopic (exact) mass is 277 g/mol. The number of hydrogen-bond acceptors (Lipinski definition) is 2. The van der Waals surface area contributed by atoms with Crippen LogP contribution in [0.1, 0.15) is 25.0 Å². The minimum atomic E-state index is -0.587. The molecule has 1 aromatic carbocycles. The first-order valence-corrected chi connectivity index (χ1v) is 6.87. The number of piperidine rings is 1. The molecule has 20 heavy (non-hydrogen) atoms. The summed E-state index contributed by atoms with van der Waals surface area (Å²) in [7, 11) is 0. The van der Waals surface area contributed by atoms with Crippen LogP contribution < -0.4 is 5.32 Å². The molecule has 0 amide bonds. The summed E-state index contributed by atoms with van der Waals surface area (Å²) in [4.78, 5) is 0. The summed E-state index contributed by atoms with van der Waals surface area (Å²) in [6, 6.07) is 5.52. The molecule has 1 N–H and O–H groups in total. The van der Waals surface area contributed by atoms with Gasteiger partial charge in [-0.3, -0.25) is 0 Å². The van der Waals surface area contributed by atoms with E-state index in [1.165, 1.54) is 12.1 Å². The zero-order valence-corrected chi connectivity index (χ0v) is 11.3. The fourth-order valence-electron chi connectivity index (χ4n) is 2.90. The molecule has 3 nitrogen and oxygen atoms in total. The molecule has 0 saturated carbocycles. The molecular weight excluding hydrogens is 260 g/mol. The first kappa shape index (κ1) is 13.2. The third-order valence-electron chi connectivity index (χ3n) is 3.98. The first-order valence-electron chi connectivity index (χ1n) is 6.87. The van der Waals surface area contributed by atoms with Crippen LogP contribution in [0.2, 0.25) is 0 Å². The van der Waals surface area contributed by atoms with Crippen molar-refractivity contribution in [2.45, 2.75) is 19.3 Å². The van der Waals surface area contributed by atoms with E-state index in [-0.39, 0.29) is 0 Å². The van der Waals surface area contributed by atoms with Gasteiger partial charge in [0.2, 0.25) is 0 Å². The van der Waals surface area contributed by atoms with Crippen LogP contribution in [0.3, 0.4) is 0 Å². The van der Waals surface area contributed by atoms with Gasteiger partial charge in [-0.25, -0.2) is 13.5 Å². The van der Waals surface area contributed by atoms with Gasteiger partial charge < -0.3 is 5.32 Å². The van der Waals surface area contributed by atoms with E-state index in [2.05, 4.69) is 17.3 Å². The second kappa shape index (κ2) is 5.32. The maximum Gasteiger partial charge on any atom is 0.151 e. The van der Waals surface area contributed by atoms with Crippen molar-refractivity contribution in [2.75, 3.05) is 13.1 Å². The number of nitrogens with one attached hydrogen (secondary N) is 1. The van der Waals surface area contributed by atoms with Crippen LogP contribution in [-0.2, 0) is 0 Å². The van der Waals surface area contributed by atoms with Gasteiger partial charge in [0.1, 0.15) is 11.5 Å². The Hall–Kier alpha value is -1.75. The lowest BCUT2D eigenvalue weighted by Crippen LogP contribution is -2.34. The van der Waals surface area contributed by atoms with Crippen LogP contribution in [0.4, 0.5) is 8.78 Å². The summed E-state index contributed by atoms with van der Waals surface area (Å²) >= 11 is 0. The van der Waals surface area contributed by atoms with Gasteiger partial charge in [0.25, 0.3) is 0 Å². The third-order valence-corrected chi connectivity index (χ3v) is 3.98. The lowest BCUT2D eigenvalue weighted by Gasteiger charge is -2.30. The van der Waals surface area contributed by atoms with E-state index < -0.39 is 11.6 Å². The molecule has 106 valence electrons. The zero-order valence-electron chi connectivity index (χ0n) is 11.3. The molecule has 2 atom stereocenters. The van der Waals surface area contributed by atoms with Gasteiger partial charge in [0.05, 0.1) is 0 Å². The highest BCUT2D eigenvalue weighted by atomic mass is 19.1. The molecule has 1 aromatic heterocycles. The highest BCUT2D eigenvalue weighted by Crippen LogP contribution is 2.31. The highest BCUT2D eigenvalue weighted by Gasteiger charge is 2.26. The summed E-state index contributed by atoms with van der Waals surface area (Å²) in [6.45, 7) is 4.07. The van der Waals surface area contributed by atoms with E-state index in [1.807, 2.05) is 6.07 Å². The topological polar surface area (TPSA) is 29.9 Å². The predicted molar refractivity (Wildman–Crippen MR) is 72.9 cm³/mol. The molecule has 1 fully saturated rings. The molecule has 1 aliphatic rings. The minimum absolute atomic E-state index is 0.303. The standard InChI is InChI=1S/C15H17F2N3/c1-10-9-18-6-4-12(10)14-5-7-19-20(14)15-3-2-11(16)8-13(15)17/h2-3,5,7-8,10,12,18H,4,6,9H2,1H3. The van der Waals surface area contributed by atoms with Crippen LogP contribution in [-0.4, -0.2) is 22.9 Å². The Labute approximate surface area is 116 Å². The Morgan fingerprint density at radius 2 is 2.15 bits per heavy atom. The van der Waals surface area contributed by atoms with Crippen molar-refractivity contribution in [3.05, 3.63) is 47.8 Å². The molecule has 3 rings (SSSR count). The Kier molecular flexibility index (Phi) is 3.53. The summed E-state index contributed by atoms with van der Waals surface area (Å²) in [5.74, 6) is -0.363. The molecule has 0 aliphatic carbocycles. The van der Waals surface area contributed by atoms with Gasteiger partial charge in [-0.05, 0) is 43.6 Å². The Morgan fingerprint density at radius 3 is 2.90 bits per heavy atom. The molecule has 0 radical (unpaired) electrons. The van der Waals surface area contributed by atoms with Gasteiger partial charge >= 0.3 is 0 Å². The van der Waals surface area contributed by atoms with E-state index in [0.717, 1.165) is 31.3 Å². The molecular formula is C15H17F2N3. The van der Waals surface area contributed by atoms with Gasteiger partial charge in [-0.15, -0.1) is 0 Å².